The summed E-state index contributed by atoms with van der Waals surface area (Å²) < 4.78 is 0. The molecule has 0 aromatic rings. The Bertz CT molecular complexity index is 534. The molecule has 3 aliphatic carbocycles. The Balaban J connectivity index is 1.26. The highest BCUT2D eigenvalue weighted by molar-refractivity contribution is 5.84. The lowest BCUT2D eigenvalue weighted by atomic mass is 10.0. The Morgan fingerprint density at radius 2 is 1.73 bits per heavy atom. The first-order valence-electron chi connectivity index (χ1n) is 8.91. The van der Waals surface area contributed by atoms with Crippen LogP contribution in [0.1, 0.15) is 32.6 Å². The lowest BCUT2D eigenvalue weighted by Gasteiger charge is -2.37. The molecular formula is C17H25N3O2. The van der Waals surface area contributed by atoms with Gasteiger partial charge in [-0.2, -0.15) is 0 Å². The normalized spacial score (nSPS) is 49.5. The van der Waals surface area contributed by atoms with Gasteiger partial charge in [0.25, 0.3) is 0 Å². The van der Waals surface area contributed by atoms with Crippen LogP contribution < -0.4 is 5.73 Å². The molecule has 5 fully saturated rings. The fourth-order valence-electron chi connectivity index (χ4n) is 6.45. The van der Waals surface area contributed by atoms with Crippen LogP contribution in [0.2, 0.25) is 0 Å². The van der Waals surface area contributed by atoms with Crippen molar-refractivity contribution in [3.63, 3.8) is 0 Å². The number of piperazine rings is 1. The number of carbonyl (C=O) groups excluding carboxylic acids is 2. The fourth-order valence-corrected chi connectivity index (χ4v) is 6.45. The molecule has 2 N–H and O–H groups in total. The Morgan fingerprint density at radius 1 is 1.05 bits per heavy atom. The van der Waals surface area contributed by atoms with Gasteiger partial charge in [-0.05, 0) is 56.3 Å². The van der Waals surface area contributed by atoms with Crippen LogP contribution in [0, 0.1) is 29.6 Å². The number of carbonyl (C=O) groups is 2. The molecule has 8 atom stereocenters. The highest BCUT2D eigenvalue weighted by atomic mass is 16.2. The number of nitrogens with zero attached hydrogens (tertiary/aromatic N) is 2. The molecule has 2 unspecified atom stereocenters. The maximum absolute atomic E-state index is 13.0. The van der Waals surface area contributed by atoms with E-state index in [-0.39, 0.29) is 11.9 Å². The fraction of sp³-hybridized carbons (Fsp3) is 0.882. The van der Waals surface area contributed by atoms with Crippen LogP contribution in [-0.4, -0.2) is 52.8 Å². The number of hydrogen-bond acceptors (Lipinski definition) is 3. The second kappa shape index (κ2) is 4.25. The van der Waals surface area contributed by atoms with Crippen LogP contribution in [0.4, 0.5) is 0 Å². The van der Waals surface area contributed by atoms with Gasteiger partial charge in [0.15, 0.2) is 0 Å². The van der Waals surface area contributed by atoms with E-state index in [0.717, 1.165) is 43.2 Å². The van der Waals surface area contributed by atoms with E-state index in [0.29, 0.717) is 23.9 Å². The maximum Gasteiger partial charge on any atom is 0.234 e. The predicted octanol–water partition coefficient (Wildman–Crippen LogP) is 0.437. The third-order valence-corrected chi connectivity index (χ3v) is 7.50. The first-order valence-corrected chi connectivity index (χ1v) is 8.91. The van der Waals surface area contributed by atoms with Gasteiger partial charge in [-0.1, -0.05) is 0 Å². The quantitative estimate of drug-likeness (QED) is 0.822. The highest BCUT2D eigenvalue weighted by Crippen LogP contribution is 2.69. The predicted molar refractivity (Wildman–Crippen MR) is 80.6 cm³/mol. The summed E-state index contributed by atoms with van der Waals surface area (Å²) in [5.74, 6) is 3.71. The number of amides is 2. The second-order valence-corrected chi connectivity index (χ2v) is 8.32. The second-order valence-electron chi connectivity index (χ2n) is 8.32. The zero-order valence-electron chi connectivity index (χ0n) is 13.1. The number of rotatable bonds is 3. The van der Waals surface area contributed by atoms with Gasteiger partial charge in [-0.3, -0.25) is 14.5 Å². The van der Waals surface area contributed by atoms with Crippen molar-refractivity contribution < 1.29 is 9.59 Å². The SMILES string of the molecule is CC(C(N)=O)N1C[C@@H]2C[C@H]1CN2C(=O)C1[C@@H]2[C@H]3CC[C@H](C3)[C@H]12. The number of nitrogens with two attached hydrogens (primary N) is 1. The van der Waals surface area contributed by atoms with E-state index in [4.69, 9.17) is 5.73 Å². The van der Waals surface area contributed by atoms with Gasteiger partial charge in [0.1, 0.15) is 0 Å². The van der Waals surface area contributed by atoms with Crippen LogP contribution in [0.3, 0.4) is 0 Å². The standard InChI is InChI=1S/C17H25N3O2/c1-8(16(18)21)19-6-12-5-11(19)7-20(12)17(22)15-13-9-2-3-10(4-9)14(13)15/h8-15H,2-7H2,1H3,(H2,18,21)/t8?,9-,10+,11-,12-,13+,14-,15?/m0/s1. The molecule has 5 aliphatic rings. The van der Waals surface area contributed by atoms with Crippen LogP contribution in [0.5, 0.6) is 0 Å². The minimum absolute atomic E-state index is 0.205. The zero-order chi connectivity index (χ0) is 15.2. The van der Waals surface area contributed by atoms with Gasteiger partial charge in [-0.15, -0.1) is 0 Å². The molecular weight excluding hydrogens is 278 g/mol. The van der Waals surface area contributed by atoms with Crippen molar-refractivity contribution in [2.24, 2.45) is 35.3 Å². The molecule has 0 aromatic heterocycles. The van der Waals surface area contributed by atoms with Crippen molar-refractivity contribution in [3.8, 4) is 0 Å². The van der Waals surface area contributed by atoms with Gasteiger partial charge < -0.3 is 10.6 Å². The van der Waals surface area contributed by atoms with Crippen molar-refractivity contribution >= 4 is 11.8 Å². The Labute approximate surface area is 131 Å². The molecule has 22 heavy (non-hydrogen) atoms. The molecule has 120 valence electrons. The van der Waals surface area contributed by atoms with Gasteiger partial charge in [0.2, 0.25) is 11.8 Å². The Kier molecular flexibility index (Phi) is 2.58. The van der Waals surface area contributed by atoms with Crippen molar-refractivity contribution in [3.05, 3.63) is 0 Å². The molecule has 0 aromatic carbocycles. The van der Waals surface area contributed by atoms with Gasteiger partial charge in [-0.25, -0.2) is 0 Å². The molecule has 4 bridgehead atoms. The summed E-state index contributed by atoms with van der Waals surface area (Å²) in [6, 6.07) is 0.452. The lowest BCUT2D eigenvalue weighted by molar-refractivity contribution is -0.136. The van der Waals surface area contributed by atoms with Crippen LogP contribution >= 0.6 is 0 Å². The molecule has 2 saturated heterocycles. The van der Waals surface area contributed by atoms with E-state index in [2.05, 4.69) is 9.80 Å². The molecule has 5 rings (SSSR count). The minimum atomic E-state index is -0.251. The van der Waals surface area contributed by atoms with Crippen LogP contribution in [-0.2, 0) is 9.59 Å². The van der Waals surface area contributed by atoms with Crippen molar-refractivity contribution in [2.45, 2.75) is 50.7 Å². The van der Waals surface area contributed by atoms with Crippen LogP contribution in [0.15, 0.2) is 0 Å². The van der Waals surface area contributed by atoms with E-state index in [1.807, 2.05) is 6.92 Å². The van der Waals surface area contributed by atoms with E-state index >= 15 is 0 Å². The van der Waals surface area contributed by atoms with E-state index in [1.54, 1.807) is 0 Å². The molecule has 2 aliphatic heterocycles. The Hall–Kier alpha value is -1.10. The molecule has 0 radical (unpaired) electrons. The van der Waals surface area contributed by atoms with E-state index in [9.17, 15) is 9.59 Å². The van der Waals surface area contributed by atoms with Crippen molar-refractivity contribution in [1.29, 1.82) is 0 Å². The Morgan fingerprint density at radius 3 is 2.27 bits per heavy atom. The van der Waals surface area contributed by atoms with Crippen LogP contribution in [0.25, 0.3) is 0 Å². The molecule has 5 heteroatoms. The number of primary amides is 1. The number of likely N-dealkylation sites (tertiary alicyclic amines) is 2. The summed E-state index contributed by atoms with van der Waals surface area (Å²) in [6.45, 7) is 3.53. The van der Waals surface area contributed by atoms with Gasteiger partial charge >= 0.3 is 0 Å². The van der Waals surface area contributed by atoms with Gasteiger partial charge in [0, 0.05) is 31.1 Å². The van der Waals surface area contributed by atoms with Crippen molar-refractivity contribution in [2.75, 3.05) is 13.1 Å². The molecule has 5 nitrogen and oxygen atoms in total. The first-order chi connectivity index (χ1) is 10.6. The lowest BCUT2D eigenvalue weighted by Crippen LogP contribution is -2.54. The van der Waals surface area contributed by atoms with Gasteiger partial charge in [0.05, 0.1) is 6.04 Å². The third-order valence-electron chi connectivity index (χ3n) is 7.50. The van der Waals surface area contributed by atoms with Crippen molar-refractivity contribution in [1.82, 2.24) is 9.80 Å². The largest absolute Gasteiger partial charge is 0.368 e. The third kappa shape index (κ3) is 1.58. The summed E-state index contributed by atoms with van der Waals surface area (Å²) in [7, 11) is 0. The monoisotopic (exact) mass is 303 g/mol. The summed E-state index contributed by atoms with van der Waals surface area (Å²) >= 11 is 0. The topological polar surface area (TPSA) is 66.6 Å². The molecule has 3 saturated carbocycles. The minimum Gasteiger partial charge on any atom is -0.368 e. The summed E-state index contributed by atoms with van der Waals surface area (Å²) in [5, 5.41) is 0. The molecule has 0 spiro atoms. The highest BCUT2D eigenvalue weighted by Gasteiger charge is 2.68. The zero-order valence-corrected chi connectivity index (χ0v) is 13.1. The van der Waals surface area contributed by atoms with E-state index < -0.39 is 0 Å². The number of fused-ring (bicyclic) bond motifs is 7. The molecule has 2 heterocycles. The molecule has 2 amide bonds. The summed E-state index contributed by atoms with van der Waals surface area (Å²) in [6.07, 6.45) is 5.16. The summed E-state index contributed by atoms with van der Waals surface area (Å²) in [4.78, 5) is 28.7. The van der Waals surface area contributed by atoms with E-state index in [1.165, 1.54) is 19.3 Å². The smallest absolute Gasteiger partial charge is 0.234 e. The summed E-state index contributed by atoms with van der Waals surface area (Å²) in [5.41, 5.74) is 5.44. The average molecular weight is 303 g/mol. The number of hydrogen-bond donors (Lipinski definition) is 1. The maximum atomic E-state index is 13.0. The average Bonchev–Trinajstić information content (AvgIpc) is 2.95. The first kappa shape index (κ1) is 13.3.